The molecule has 3 heterocycles. The summed E-state index contributed by atoms with van der Waals surface area (Å²) in [6.45, 7) is 6.59. The third-order valence-corrected chi connectivity index (χ3v) is 6.95. The van der Waals surface area contributed by atoms with Crippen molar-refractivity contribution in [2.45, 2.75) is 39.1 Å². The lowest BCUT2D eigenvalue weighted by molar-refractivity contribution is -0.137. The Labute approximate surface area is 233 Å². The van der Waals surface area contributed by atoms with Crippen LogP contribution in [0.4, 0.5) is 24.5 Å². The zero-order valence-electron chi connectivity index (χ0n) is 22.7. The van der Waals surface area contributed by atoms with E-state index in [9.17, 15) is 27.9 Å². The van der Waals surface area contributed by atoms with Gasteiger partial charge in [0.15, 0.2) is 5.82 Å². The van der Waals surface area contributed by atoms with E-state index in [2.05, 4.69) is 15.4 Å². The second-order valence-corrected chi connectivity index (χ2v) is 10.3. The monoisotopic (exact) mass is 570 g/mol. The molecule has 0 bridgehead atoms. The topological polar surface area (TPSA) is 114 Å². The fourth-order valence-electron chi connectivity index (χ4n) is 4.72. The van der Waals surface area contributed by atoms with Crippen LogP contribution in [-0.4, -0.2) is 56.5 Å². The van der Waals surface area contributed by atoms with Crippen LogP contribution < -0.4 is 15.8 Å². The van der Waals surface area contributed by atoms with Crippen molar-refractivity contribution in [3.8, 4) is 11.4 Å². The number of ether oxygens (including phenoxy) is 1. The van der Waals surface area contributed by atoms with Gasteiger partial charge in [0, 0.05) is 30.0 Å². The van der Waals surface area contributed by atoms with Gasteiger partial charge in [-0.05, 0) is 50.6 Å². The molecule has 13 heteroatoms. The predicted octanol–water partition coefficient (Wildman–Crippen LogP) is 3.59. The molecule has 41 heavy (non-hydrogen) atoms. The van der Waals surface area contributed by atoms with Gasteiger partial charge in [-0.25, -0.2) is 0 Å². The van der Waals surface area contributed by atoms with E-state index in [0.717, 1.165) is 16.6 Å². The number of halogens is 3. The van der Waals surface area contributed by atoms with Gasteiger partial charge in [0.05, 0.1) is 24.4 Å². The number of hydrogen-bond acceptors (Lipinski definition) is 7. The molecule has 1 aliphatic rings. The maximum Gasteiger partial charge on any atom is 0.416 e. The minimum absolute atomic E-state index is 0.133. The maximum atomic E-state index is 13.7. The van der Waals surface area contributed by atoms with Crippen LogP contribution in [-0.2, 0) is 27.9 Å². The second-order valence-electron chi connectivity index (χ2n) is 10.3. The first-order valence-corrected chi connectivity index (χ1v) is 13.0. The Morgan fingerprint density at radius 1 is 1.02 bits per heavy atom. The molecule has 0 saturated carbocycles. The number of carbonyl (C=O) groups is 1. The Morgan fingerprint density at radius 3 is 2.22 bits per heavy atom. The lowest BCUT2D eigenvalue weighted by Gasteiger charge is -2.30. The molecule has 0 aliphatic carbocycles. The normalized spacial score (nSPS) is 14.5. The third-order valence-electron chi connectivity index (χ3n) is 6.95. The Hall–Kier alpha value is -4.23. The average molecular weight is 571 g/mol. The Kier molecular flexibility index (Phi) is 7.34. The smallest absolute Gasteiger partial charge is 0.386 e. The number of hydrogen-bond donors (Lipinski definition) is 2. The minimum Gasteiger partial charge on any atom is -0.386 e. The fraction of sp³-hybridized carbons (Fsp3) is 0.357. The molecule has 10 nitrogen and oxygen atoms in total. The largest absolute Gasteiger partial charge is 0.416 e. The first kappa shape index (κ1) is 28.3. The number of alkyl halides is 3. The highest BCUT2D eigenvalue weighted by atomic mass is 19.4. The molecular weight excluding hydrogens is 541 g/mol. The second kappa shape index (κ2) is 10.6. The highest BCUT2D eigenvalue weighted by Gasteiger charge is 2.30. The summed E-state index contributed by atoms with van der Waals surface area (Å²) in [4.78, 5) is 33.2. The number of anilines is 2. The number of aromatic nitrogens is 4. The van der Waals surface area contributed by atoms with Crippen molar-refractivity contribution >= 4 is 23.1 Å². The molecular formula is C28H29F3N6O4. The van der Waals surface area contributed by atoms with Gasteiger partial charge in [-0.3, -0.25) is 9.59 Å². The summed E-state index contributed by atoms with van der Waals surface area (Å²) in [7, 11) is 0. The lowest BCUT2D eigenvalue weighted by Crippen LogP contribution is -2.41. The van der Waals surface area contributed by atoms with Gasteiger partial charge in [0.1, 0.15) is 12.2 Å². The van der Waals surface area contributed by atoms with E-state index in [1.165, 1.54) is 12.1 Å². The van der Waals surface area contributed by atoms with Crippen LogP contribution in [0.3, 0.4) is 0 Å². The van der Waals surface area contributed by atoms with Gasteiger partial charge in [0.2, 0.25) is 11.7 Å². The number of aliphatic hydroxyl groups is 1. The highest BCUT2D eigenvalue weighted by molar-refractivity contribution is 5.91. The van der Waals surface area contributed by atoms with E-state index in [-0.39, 0.29) is 23.8 Å². The van der Waals surface area contributed by atoms with Gasteiger partial charge in [-0.1, -0.05) is 24.3 Å². The molecule has 2 aromatic heterocycles. The van der Waals surface area contributed by atoms with E-state index < -0.39 is 28.8 Å². The van der Waals surface area contributed by atoms with E-state index >= 15 is 0 Å². The van der Waals surface area contributed by atoms with Gasteiger partial charge in [0.25, 0.3) is 5.56 Å². The van der Waals surface area contributed by atoms with Gasteiger partial charge in [-0.15, -0.1) is 5.10 Å². The van der Waals surface area contributed by atoms with Crippen molar-refractivity contribution in [3.05, 3.63) is 75.7 Å². The van der Waals surface area contributed by atoms with Crippen molar-refractivity contribution < 1.29 is 27.8 Å². The first-order chi connectivity index (χ1) is 19.3. The molecule has 0 unspecified atom stereocenters. The summed E-state index contributed by atoms with van der Waals surface area (Å²) in [5, 5.41) is 17.4. The van der Waals surface area contributed by atoms with Crippen molar-refractivity contribution in [1.82, 2.24) is 19.2 Å². The Morgan fingerprint density at radius 2 is 1.63 bits per heavy atom. The van der Waals surface area contributed by atoms with E-state index in [1.54, 1.807) is 49.6 Å². The zero-order chi connectivity index (χ0) is 29.5. The third kappa shape index (κ3) is 5.81. The molecule has 216 valence electrons. The van der Waals surface area contributed by atoms with Crippen LogP contribution in [0.15, 0.2) is 53.3 Å². The van der Waals surface area contributed by atoms with Gasteiger partial charge < -0.3 is 24.6 Å². The molecule has 1 fully saturated rings. The fourth-order valence-corrected chi connectivity index (χ4v) is 4.72. The number of nitrogens with one attached hydrogen (secondary N) is 1. The van der Waals surface area contributed by atoms with Gasteiger partial charge >= 0.3 is 6.18 Å². The zero-order valence-corrected chi connectivity index (χ0v) is 22.7. The van der Waals surface area contributed by atoms with Crippen molar-refractivity contribution in [2.75, 3.05) is 36.5 Å². The molecule has 0 spiro atoms. The van der Waals surface area contributed by atoms with Gasteiger partial charge in [-0.2, -0.15) is 22.7 Å². The molecule has 2 N–H and O–H groups in total. The van der Waals surface area contributed by atoms with E-state index in [4.69, 9.17) is 4.74 Å². The van der Waals surface area contributed by atoms with E-state index in [1.807, 2.05) is 4.90 Å². The molecule has 1 saturated heterocycles. The number of amides is 1. The minimum atomic E-state index is -4.49. The Balaban J connectivity index is 1.54. The predicted molar refractivity (Wildman–Crippen MR) is 146 cm³/mol. The number of fused-ring (bicyclic) bond motifs is 1. The van der Waals surface area contributed by atoms with Crippen molar-refractivity contribution in [3.63, 3.8) is 0 Å². The molecule has 1 amide bonds. The molecule has 0 radical (unpaired) electrons. The van der Waals surface area contributed by atoms with Crippen LogP contribution in [0.1, 0.15) is 30.7 Å². The standard InChI is InChI=1S/C28H29F3N6O4/c1-17-23(35-12-14-41-15-13-35)25(39)37-26(33-24(34-37)18-4-6-19(7-5-18)27(2,3)40)36(17)16-22(38)32-21-10-8-20(9-11-21)28(29,30)31/h4-11,40H,12-16H2,1-3H3,(H,32,38). The maximum absolute atomic E-state index is 13.7. The lowest BCUT2D eigenvalue weighted by atomic mass is 9.97. The van der Waals surface area contributed by atoms with E-state index in [0.29, 0.717) is 48.8 Å². The van der Waals surface area contributed by atoms with Crippen LogP contribution in [0, 0.1) is 6.92 Å². The molecule has 0 atom stereocenters. The highest BCUT2D eigenvalue weighted by Crippen LogP contribution is 2.30. The number of carbonyl (C=O) groups excluding carboxylic acids is 1. The van der Waals surface area contributed by atoms with Crippen LogP contribution in [0.25, 0.3) is 17.2 Å². The van der Waals surface area contributed by atoms with Crippen LogP contribution in [0.2, 0.25) is 0 Å². The quantitative estimate of drug-likeness (QED) is 0.364. The molecule has 4 aromatic rings. The summed E-state index contributed by atoms with van der Waals surface area (Å²) >= 11 is 0. The summed E-state index contributed by atoms with van der Waals surface area (Å²) in [6.07, 6.45) is -4.49. The van der Waals surface area contributed by atoms with Crippen LogP contribution in [0.5, 0.6) is 0 Å². The summed E-state index contributed by atoms with van der Waals surface area (Å²) in [5.41, 5.74) is 0.0735. The average Bonchev–Trinajstić information content (AvgIpc) is 3.37. The summed E-state index contributed by atoms with van der Waals surface area (Å²) in [5.74, 6) is -0.140. The SMILES string of the molecule is Cc1c(N2CCOCC2)c(=O)n2nc(-c3ccc(C(C)(C)O)cc3)nc2n1CC(=O)Nc1ccc(C(F)(F)F)cc1. The first-order valence-electron chi connectivity index (χ1n) is 13.0. The molecule has 5 rings (SSSR count). The summed E-state index contributed by atoms with van der Waals surface area (Å²) in [6, 6.07) is 11.1. The number of morpholine rings is 1. The van der Waals surface area contributed by atoms with Crippen molar-refractivity contribution in [1.29, 1.82) is 0 Å². The number of rotatable bonds is 6. The van der Waals surface area contributed by atoms with Crippen molar-refractivity contribution in [2.24, 2.45) is 0 Å². The Bertz CT molecular complexity index is 1630. The molecule has 1 aliphatic heterocycles. The summed E-state index contributed by atoms with van der Waals surface area (Å²) < 4.78 is 46.9. The number of benzene rings is 2. The molecule has 2 aromatic carbocycles. The number of nitrogens with zero attached hydrogens (tertiary/aromatic N) is 5. The van der Waals surface area contributed by atoms with Crippen LogP contribution >= 0.6 is 0 Å².